The Kier molecular flexibility index (Phi) is 4.87. The molecule has 0 atom stereocenters. The first-order valence-corrected chi connectivity index (χ1v) is 8.23. The monoisotopic (exact) mass is 362 g/mol. The van der Waals surface area contributed by atoms with Gasteiger partial charge in [-0.1, -0.05) is 35.9 Å². The number of amides is 2. The normalized spacial score (nSPS) is 16.1. The Morgan fingerprint density at radius 1 is 1.17 bits per heavy atom. The van der Waals surface area contributed by atoms with E-state index in [1.807, 2.05) is 0 Å². The second kappa shape index (κ2) is 7.07. The van der Waals surface area contributed by atoms with Gasteiger partial charge < -0.3 is 5.32 Å². The smallest absolute Gasteiger partial charge is 0.295 e. The quantitative estimate of drug-likeness (QED) is 0.808. The number of thioether (sulfide) groups is 1. The van der Waals surface area contributed by atoms with Crippen LogP contribution in [0.15, 0.2) is 53.4 Å². The van der Waals surface area contributed by atoms with Crippen LogP contribution in [0.25, 0.3) is 6.08 Å². The zero-order valence-electron chi connectivity index (χ0n) is 12.3. The summed E-state index contributed by atoms with van der Waals surface area (Å²) in [6.07, 6.45) is 1.50. The Balaban J connectivity index is 1.73. The standard InChI is InChI=1S/C17H12ClFN2O2S/c18-13-6-1-2-7-14(13)20-10-21-16(22)15(24-17(21)23)9-11-4-3-5-12(19)8-11/h1-9,20H,10H2/b15-9-. The van der Waals surface area contributed by atoms with Crippen LogP contribution in [0.5, 0.6) is 0 Å². The van der Waals surface area contributed by atoms with E-state index < -0.39 is 11.7 Å². The third kappa shape index (κ3) is 3.60. The molecule has 1 aliphatic rings. The van der Waals surface area contributed by atoms with Crippen molar-refractivity contribution in [2.45, 2.75) is 0 Å². The number of halogens is 2. The summed E-state index contributed by atoms with van der Waals surface area (Å²) in [5, 5.41) is 3.07. The van der Waals surface area contributed by atoms with Crippen LogP contribution in [-0.4, -0.2) is 22.7 Å². The first kappa shape index (κ1) is 16.5. The van der Waals surface area contributed by atoms with Crippen LogP contribution in [0.2, 0.25) is 5.02 Å². The summed E-state index contributed by atoms with van der Waals surface area (Å²) in [4.78, 5) is 25.7. The fraction of sp³-hybridized carbons (Fsp3) is 0.0588. The molecule has 1 fully saturated rings. The van der Waals surface area contributed by atoms with Crippen LogP contribution in [0.4, 0.5) is 14.9 Å². The fourth-order valence-electron chi connectivity index (χ4n) is 2.15. The Morgan fingerprint density at radius 3 is 2.71 bits per heavy atom. The average Bonchev–Trinajstić information content (AvgIpc) is 2.81. The summed E-state index contributed by atoms with van der Waals surface area (Å²) in [5.41, 5.74) is 1.16. The largest absolute Gasteiger partial charge is 0.366 e. The van der Waals surface area contributed by atoms with Gasteiger partial charge in [-0.05, 0) is 47.7 Å². The average molecular weight is 363 g/mol. The van der Waals surface area contributed by atoms with Gasteiger partial charge in [-0.3, -0.25) is 14.5 Å². The molecule has 3 rings (SSSR count). The van der Waals surface area contributed by atoms with E-state index in [2.05, 4.69) is 5.32 Å². The van der Waals surface area contributed by atoms with E-state index >= 15 is 0 Å². The Hall–Kier alpha value is -2.31. The molecule has 2 aromatic rings. The highest BCUT2D eigenvalue weighted by Gasteiger charge is 2.34. The molecule has 0 bridgehead atoms. The highest BCUT2D eigenvalue weighted by molar-refractivity contribution is 8.18. The number of carbonyl (C=O) groups excluding carboxylic acids is 2. The lowest BCUT2D eigenvalue weighted by atomic mass is 10.2. The minimum absolute atomic E-state index is 0.00882. The van der Waals surface area contributed by atoms with E-state index in [9.17, 15) is 14.0 Å². The predicted octanol–water partition coefficient (Wildman–Crippen LogP) is 4.59. The van der Waals surface area contributed by atoms with Gasteiger partial charge in [0.25, 0.3) is 11.1 Å². The molecule has 7 heteroatoms. The van der Waals surface area contributed by atoms with Crippen molar-refractivity contribution in [2.24, 2.45) is 0 Å². The van der Waals surface area contributed by atoms with Crippen molar-refractivity contribution in [2.75, 3.05) is 12.0 Å². The number of carbonyl (C=O) groups is 2. The van der Waals surface area contributed by atoms with Gasteiger partial charge in [-0.2, -0.15) is 0 Å². The molecule has 0 saturated carbocycles. The molecule has 1 N–H and O–H groups in total. The number of para-hydroxylation sites is 1. The number of anilines is 1. The van der Waals surface area contributed by atoms with Gasteiger partial charge in [0.15, 0.2) is 0 Å². The van der Waals surface area contributed by atoms with Gasteiger partial charge in [0.05, 0.1) is 22.3 Å². The van der Waals surface area contributed by atoms with E-state index in [4.69, 9.17) is 11.6 Å². The SMILES string of the molecule is O=C1S/C(=C\c2cccc(F)c2)C(=O)N1CNc1ccccc1Cl. The molecular formula is C17H12ClFN2O2S. The zero-order valence-corrected chi connectivity index (χ0v) is 13.9. The highest BCUT2D eigenvalue weighted by atomic mass is 35.5. The molecule has 0 aliphatic carbocycles. The molecule has 1 heterocycles. The number of hydrogen-bond acceptors (Lipinski definition) is 4. The first-order valence-electron chi connectivity index (χ1n) is 7.04. The molecule has 2 aromatic carbocycles. The minimum Gasteiger partial charge on any atom is -0.366 e. The van der Waals surface area contributed by atoms with Crippen molar-refractivity contribution >= 4 is 46.3 Å². The number of benzene rings is 2. The van der Waals surface area contributed by atoms with Crippen molar-refractivity contribution < 1.29 is 14.0 Å². The van der Waals surface area contributed by atoms with Crippen molar-refractivity contribution in [3.63, 3.8) is 0 Å². The molecule has 2 amide bonds. The molecule has 122 valence electrons. The summed E-state index contributed by atoms with van der Waals surface area (Å²) in [7, 11) is 0. The van der Waals surface area contributed by atoms with Gasteiger partial charge >= 0.3 is 0 Å². The predicted molar refractivity (Wildman–Crippen MR) is 94.2 cm³/mol. The Labute approximate surface area is 147 Å². The highest BCUT2D eigenvalue weighted by Crippen LogP contribution is 2.32. The summed E-state index contributed by atoms with van der Waals surface area (Å²) in [6.45, 7) is 0.00882. The van der Waals surface area contributed by atoms with E-state index in [1.54, 1.807) is 36.4 Å². The fourth-order valence-corrected chi connectivity index (χ4v) is 3.19. The maximum absolute atomic E-state index is 13.2. The zero-order chi connectivity index (χ0) is 17.1. The third-order valence-corrected chi connectivity index (χ3v) is 4.56. The number of imide groups is 1. The lowest BCUT2D eigenvalue weighted by molar-refractivity contribution is -0.122. The van der Waals surface area contributed by atoms with Crippen molar-refractivity contribution in [3.05, 3.63) is 69.8 Å². The molecule has 4 nitrogen and oxygen atoms in total. The molecule has 0 radical (unpaired) electrons. The number of nitrogens with zero attached hydrogens (tertiary/aromatic N) is 1. The van der Waals surface area contributed by atoms with Crippen LogP contribution >= 0.6 is 23.4 Å². The number of rotatable bonds is 4. The summed E-state index contributed by atoms with van der Waals surface area (Å²) in [5.74, 6) is -0.822. The molecular weight excluding hydrogens is 351 g/mol. The topological polar surface area (TPSA) is 49.4 Å². The van der Waals surface area contributed by atoms with Gasteiger partial charge in [0, 0.05) is 0 Å². The van der Waals surface area contributed by atoms with Gasteiger partial charge in [-0.15, -0.1) is 0 Å². The van der Waals surface area contributed by atoms with Crippen LogP contribution in [-0.2, 0) is 4.79 Å². The third-order valence-electron chi connectivity index (χ3n) is 3.32. The summed E-state index contributed by atoms with van der Waals surface area (Å²) >= 11 is 6.86. The van der Waals surface area contributed by atoms with Crippen LogP contribution in [0.3, 0.4) is 0 Å². The second-order valence-corrected chi connectivity index (χ2v) is 6.38. The van der Waals surface area contributed by atoms with Gasteiger partial charge in [0.2, 0.25) is 0 Å². The molecule has 1 aliphatic heterocycles. The second-order valence-electron chi connectivity index (χ2n) is 4.98. The van der Waals surface area contributed by atoms with Gasteiger partial charge in [-0.25, -0.2) is 4.39 Å². The molecule has 0 unspecified atom stereocenters. The van der Waals surface area contributed by atoms with Crippen LogP contribution < -0.4 is 5.32 Å². The van der Waals surface area contributed by atoms with Crippen LogP contribution in [0, 0.1) is 5.82 Å². The molecule has 0 aromatic heterocycles. The molecule has 1 saturated heterocycles. The summed E-state index contributed by atoms with van der Waals surface area (Å²) in [6, 6.07) is 12.9. The lowest BCUT2D eigenvalue weighted by Crippen LogP contribution is -2.33. The number of nitrogens with one attached hydrogen (secondary N) is 1. The van der Waals surface area contributed by atoms with E-state index in [1.165, 1.54) is 18.2 Å². The Bertz CT molecular complexity index is 841. The molecule has 0 spiro atoms. The first-order chi connectivity index (χ1) is 11.5. The molecule has 24 heavy (non-hydrogen) atoms. The van der Waals surface area contributed by atoms with E-state index in [-0.39, 0.29) is 16.8 Å². The number of hydrogen-bond donors (Lipinski definition) is 1. The van der Waals surface area contributed by atoms with Crippen molar-refractivity contribution in [3.8, 4) is 0 Å². The van der Waals surface area contributed by atoms with Gasteiger partial charge in [0.1, 0.15) is 5.82 Å². The Morgan fingerprint density at radius 2 is 1.96 bits per heavy atom. The van der Waals surface area contributed by atoms with Crippen LogP contribution in [0.1, 0.15) is 5.56 Å². The van der Waals surface area contributed by atoms with Crippen molar-refractivity contribution in [1.82, 2.24) is 4.90 Å². The maximum atomic E-state index is 13.2. The maximum Gasteiger partial charge on any atom is 0.295 e. The lowest BCUT2D eigenvalue weighted by Gasteiger charge is -2.15. The van der Waals surface area contributed by atoms with Crippen molar-refractivity contribution in [1.29, 1.82) is 0 Å². The van der Waals surface area contributed by atoms with E-state index in [0.717, 1.165) is 16.7 Å². The van der Waals surface area contributed by atoms with E-state index in [0.29, 0.717) is 16.3 Å². The summed E-state index contributed by atoms with van der Waals surface area (Å²) < 4.78 is 13.2. The minimum atomic E-state index is -0.422.